The molecule has 2 aliphatic rings. The van der Waals surface area contributed by atoms with Crippen molar-refractivity contribution >= 4 is 6.03 Å². The third kappa shape index (κ3) is 4.44. The molecule has 1 N–H and O–H groups in total. The van der Waals surface area contributed by atoms with Crippen LogP contribution in [0.1, 0.15) is 38.2 Å². The first-order valence-corrected chi connectivity index (χ1v) is 8.80. The Bertz CT molecular complexity index is 494. The van der Waals surface area contributed by atoms with Gasteiger partial charge in [0.15, 0.2) is 0 Å². The molecule has 0 unspecified atom stereocenters. The summed E-state index contributed by atoms with van der Waals surface area (Å²) in [4.78, 5) is 18.4. The summed E-state index contributed by atoms with van der Waals surface area (Å²) in [5.41, 5.74) is 1.30. The molecule has 5 heteroatoms. The quantitative estimate of drug-likeness (QED) is 0.908. The fourth-order valence-corrected chi connectivity index (χ4v) is 3.51. The van der Waals surface area contributed by atoms with Crippen molar-refractivity contribution < 1.29 is 9.53 Å². The van der Waals surface area contributed by atoms with Crippen molar-refractivity contribution in [3.8, 4) is 0 Å². The summed E-state index contributed by atoms with van der Waals surface area (Å²) in [6, 6.07) is 4.53. The van der Waals surface area contributed by atoms with Crippen LogP contribution in [0.4, 0.5) is 4.79 Å². The summed E-state index contributed by atoms with van der Waals surface area (Å²) >= 11 is 0. The lowest BCUT2D eigenvalue weighted by Gasteiger charge is -2.38. The number of pyridine rings is 1. The van der Waals surface area contributed by atoms with Crippen LogP contribution in [0, 0.1) is 5.92 Å². The lowest BCUT2D eigenvalue weighted by Crippen LogP contribution is -2.53. The highest BCUT2D eigenvalue weighted by molar-refractivity contribution is 5.74. The monoisotopic (exact) mass is 317 g/mol. The van der Waals surface area contributed by atoms with E-state index < -0.39 is 0 Å². The zero-order chi connectivity index (χ0) is 16.1. The summed E-state index contributed by atoms with van der Waals surface area (Å²) in [7, 11) is 0. The number of likely N-dealkylation sites (tertiary alicyclic amines) is 1. The van der Waals surface area contributed by atoms with Gasteiger partial charge in [-0.05, 0) is 56.6 Å². The number of carbonyl (C=O) groups excluding carboxylic acids is 1. The molecular weight excluding hydrogens is 290 g/mol. The predicted molar refractivity (Wildman–Crippen MR) is 89.2 cm³/mol. The molecular formula is C18H27N3O2. The molecule has 0 spiro atoms. The molecule has 2 amide bonds. The first-order chi connectivity index (χ1) is 11.2. The van der Waals surface area contributed by atoms with Crippen LogP contribution in [0.2, 0.25) is 0 Å². The standard InChI is InChI=1S/C18H27N3O2/c1-2-23-17-11-16(12-17)20-18(22)21-8-5-14(6-9-21)10-15-4-3-7-19-13-15/h3-4,7,13-14,16-17H,2,5-6,8-12H2,1H3,(H,20,22). The Kier molecular flexibility index (Phi) is 5.49. The molecule has 0 bridgehead atoms. The molecule has 2 heterocycles. The molecule has 1 saturated heterocycles. The molecule has 1 aromatic rings. The Labute approximate surface area is 138 Å². The van der Waals surface area contributed by atoms with Gasteiger partial charge in [0.1, 0.15) is 0 Å². The number of amides is 2. The molecule has 5 nitrogen and oxygen atoms in total. The fraction of sp³-hybridized carbons (Fsp3) is 0.667. The van der Waals surface area contributed by atoms with Gasteiger partial charge in [-0.2, -0.15) is 0 Å². The van der Waals surface area contributed by atoms with Crippen LogP contribution in [0.3, 0.4) is 0 Å². The molecule has 1 saturated carbocycles. The van der Waals surface area contributed by atoms with Gasteiger partial charge >= 0.3 is 6.03 Å². The molecule has 0 radical (unpaired) electrons. The summed E-state index contributed by atoms with van der Waals surface area (Å²) in [5, 5.41) is 3.14. The maximum absolute atomic E-state index is 12.3. The van der Waals surface area contributed by atoms with E-state index in [9.17, 15) is 4.79 Å². The van der Waals surface area contributed by atoms with Crippen molar-refractivity contribution in [1.29, 1.82) is 0 Å². The van der Waals surface area contributed by atoms with E-state index in [4.69, 9.17) is 4.74 Å². The van der Waals surface area contributed by atoms with E-state index in [1.165, 1.54) is 5.56 Å². The van der Waals surface area contributed by atoms with E-state index in [1.54, 1.807) is 0 Å². The zero-order valence-electron chi connectivity index (χ0n) is 13.9. The fourth-order valence-electron chi connectivity index (χ4n) is 3.51. The summed E-state index contributed by atoms with van der Waals surface area (Å²) in [6.45, 7) is 4.49. The van der Waals surface area contributed by atoms with Crippen LogP contribution in [-0.2, 0) is 11.2 Å². The van der Waals surface area contributed by atoms with Gasteiger partial charge in [0.2, 0.25) is 0 Å². The number of piperidine rings is 1. The molecule has 126 valence electrons. The summed E-state index contributed by atoms with van der Waals surface area (Å²) in [6.07, 6.45) is 9.24. The SMILES string of the molecule is CCOC1CC(NC(=O)N2CCC(Cc3cccnc3)CC2)C1. The van der Waals surface area contributed by atoms with Gasteiger partial charge in [-0.1, -0.05) is 6.07 Å². The van der Waals surface area contributed by atoms with Gasteiger partial charge in [0, 0.05) is 38.1 Å². The highest BCUT2D eigenvalue weighted by atomic mass is 16.5. The Morgan fingerprint density at radius 1 is 1.39 bits per heavy atom. The van der Waals surface area contributed by atoms with Crippen LogP contribution in [0.5, 0.6) is 0 Å². The number of urea groups is 1. The Morgan fingerprint density at radius 2 is 2.17 bits per heavy atom. The Balaban J connectivity index is 1.36. The highest BCUT2D eigenvalue weighted by Gasteiger charge is 2.32. The van der Waals surface area contributed by atoms with E-state index in [1.807, 2.05) is 30.3 Å². The molecule has 3 rings (SSSR count). The smallest absolute Gasteiger partial charge is 0.317 e. The minimum atomic E-state index is 0.102. The molecule has 1 aliphatic heterocycles. The second-order valence-corrected chi connectivity index (χ2v) is 6.69. The number of rotatable bonds is 5. The van der Waals surface area contributed by atoms with Crippen LogP contribution in [0.15, 0.2) is 24.5 Å². The first kappa shape index (κ1) is 16.2. The van der Waals surface area contributed by atoms with Crippen LogP contribution < -0.4 is 5.32 Å². The van der Waals surface area contributed by atoms with Crippen LogP contribution >= 0.6 is 0 Å². The second kappa shape index (κ2) is 7.77. The van der Waals surface area contributed by atoms with Crippen molar-refractivity contribution in [1.82, 2.24) is 15.2 Å². The third-order valence-electron chi connectivity index (χ3n) is 4.97. The number of carbonyl (C=O) groups is 1. The maximum atomic E-state index is 12.3. The van der Waals surface area contributed by atoms with E-state index in [-0.39, 0.29) is 6.03 Å². The third-order valence-corrected chi connectivity index (χ3v) is 4.97. The van der Waals surface area contributed by atoms with Crippen LogP contribution in [-0.4, -0.2) is 47.8 Å². The summed E-state index contributed by atoms with van der Waals surface area (Å²) in [5.74, 6) is 0.661. The van der Waals surface area contributed by atoms with Gasteiger partial charge < -0.3 is 15.0 Å². The van der Waals surface area contributed by atoms with Crippen LogP contribution in [0.25, 0.3) is 0 Å². The molecule has 1 aliphatic carbocycles. The normalized spacial score (nSPS) is 25.0. The number of hydrogen-bond donors (Lipinski definition) is 1. The predicted octanol–water partition coefficient (Wildman–Crippen LogP) is 2.61. The minimum Gasteiger partial charge on any atom is -0.378 e. The number of nitrogens with zero attached hydrogens (tertiary/aromatic N) is 2. The van der Waals surface area contributed by atoms with Crippen molar-refractivity contribution in [2.45, 2.75) is 51.2 Å². The first-order valence-electron chi connectivity index (χ1n) is 8.80. The molecule has 1 aromatic heterocycles. The molecule has 23 heavy (non-hydrogen) atoms. The molecule has 2 fully saturated rings. The van der Waals surface area contributed by atoms with Gasteiger partial charge in [-0.3, -0.25) is 4.98 Å². The highest BCUT2D eigenvalue weighted by Crippen LogP contribution is 2.25. The maximum Gasteiger partial charge on any atom is 0.317 e. The van der Waals surface area contributed by atoms with E-state index in [0.717, 1.165) is 51.8 Å². The topological polar surface area (TPSA) is 54.5 Å². The van der Waals surface area contributed by atoms with Gasteiger partial charge in [0.05, 0.1) is 6.10 Å². The summed E-state index contributed by atoms with van der Waals surface area (Å²) < 4.78 is 5.54. The minimum absolute atomic E-state index is 0.102. The largest absolute Gasteiger partial charge is 0.378 e. The van der Waals surface area contributed by atoms with Crippen molar-refractivity contribution in [2.24, 2.45) is 5.92 Å². The van der Waals surface area contributed by atoms with Gasteiger partial charge in [0.25, 0.3) is 0 Å². The lowest BCUT2D eigenvalue weighted by molar-refractivity contribution is -0.00830. The number of ether oxygens (including phenoxy) is 1. The number of aromatic nitrogens is 1. The average molecular weight is 317 g/mol. The molecule has 0 aromatic carbocycles. The average Bonchev–Trinajstić information content (AvgIpc) is 2.54. The number of hydrogen-bond acceptors (Lipinski definition) is 3. The van der Waals surface area contributed by atoms with Crippen molar-refractivity contribution in [2.75, 3.05) is 19.7 Å². The Morgan fingerprint density at radius 3 is 2.83 bits per heavy atom. The number of nitrogens with one attached hydrogen (secondary N) is 1. The van der Waals surface area contributed by atoms with E-state index in [2.05, 4.69) is 16.4 Å². The van der Waals surface area contributed by atoms with Gasteiger partial charge in [-0.25, -0.2) is 4.79 Å². The zero-order valence-corrected chi connectivity index (χ0v) is 13.9. The van der Waals surface area contributed by atoms with Crippen molar-refractivity contribution in [3.05, 3.63) is 30.1 Å². The van der Waals surface area contributed by atoms with E-state index >= 15 is 0 Å². The molecule has 0 atom stereocenters. The van der Waals surface area contributed by atoms with E-state index in [0.29, 0.717) is 18.1 Å². The Hall–Kier alpha value is -1.62. The second-order valence-electron chi connectivity index (χ2n) is 6.69. The van der Waals surface area contributed by atoms with Gasteiger partial charge in [-0.15, -0.1) is 0 Å². The van der Waals surface area contributed by atoms with Crippen molar-refractivity contribution in [3.63, 3.8) is 0 Å². The lowest BCUT2D eigenvalue weighted by atomic mass is 9.89.